The molecule has 0 unspecified atom stereocenters. The summed E-state index contributed by atoms with van der Waals surface area (Å²) in [7, 11) is 0. The molecule has 0 aromatic heterocycles. The summed E-state index contributed by atoms with van der Waals surface area (Å²) in [4.78, 5) is 2.61. The number of hydrogen-bond donors (Lipinski definition) is 2. The van der Waals surface area contributed by atoms with Crippen LogP contribution in [0.4, 0.5) is 0 Å². The van der Waals surface area contributed by atoms with Gasteiger partial charge >= 0.3 is 0 Å². The molecule has 0 radical (unpaired) electrons. The number of nitrogens with zero attached hydrogens (tertiary/aromatic N) is 1. The molecule has 1 heterocycles. The maximum absolute atomic E-state index is 9.76. The minimum absolute atomic E-state index is 0.387. The molecular formula is C17H28N2O. The molecule has 112 valence electrons. The first-order chi connectivity index (χ1) is 9.63. The summed E-state index contributed by atoms with van der Waals surface area (Å²) in [6.45, 7) is 10.9. The van der Waals surface area contributed by atoms with Crippen LogP contribution >= 0.6 is 0 Å². The normalized spacial score (nSPS) is 18.1. The molecule has 1 aromatic rings. The summed E-state index contributed by atoms with van der Waals surface area (Å²) >= 11 is 0. The first-order valence-electron chi connectivity index (χ1n) is 7.88. The summed E-state index contributed by atoms with van der Waals surface area (Å²) < 4.78 is 0. The van der Waals surface area contributed by atoms with Gasteiger partial charge in [-0.15, -0.1) is 0 Å². The Kier molecular flexibility index (Phi) is 5.44. The SMILES string of the molecule is CCCC[C@H](c1c(C)cc(O)cc1C)N1CCNCC1. The second kappa shape index (κ2) is 7.09. The fourth-order valence-corrected chi connectivity index (χ4v) is 3.38. The van der Waals surface area contributed by atoms with E-state index in [-0.39, 0.29) is 0 Å². The van der Waals surface area contributed by atoms with Crippen molar-refractivity contribution in [3.63, 3.8) is 0 Å². The third kappa shape index (κ3) is 3.53. The van der Waals surface area contributed by atoms with Crippen molar-refractivity contribution >= 4 is 0 Å². The Labute approximate surface area is 123 Å². The molecule has 2 rings (SSSR count). The van der Waals surface area contributed by atoms with Gasteiger partial charge in [-0.25, -0.2) is 0 Å². The zero-order valence-electron chi connectivity index (χ0n) is 13.1. The van der Waals surface area contributed by atoms with Crippen LogP contribution < -0.4 is 5.32 Å². The molecule has 3 heteroatoms. The molecule has 1 fully saturated rings. The third-order valence-corrected chi connectivity index (χ3v) is 4.34. The number of hydrogen-bond acceptors (Lipinski definition) is 3. The predicted molar refractivity (Wildman–Crippen MR) is 84.3 cm³/mol. The molecule has 1 aliphatic rings. The average molecular weight is 276 g/mol. The Hall–Kier alpha value is -1.06. The van der Waals surface area contributed by atoms with Crippen molar-refractivity contribution < 1.29 is 5.11 Å². The van der Waals surface area contributed by atoms with E-state index in [4.69, 9.17) is 0 Å². The predicted octanol–water partition coefficient (Wildman–Crippen LogP) is 3.15. The van der Waals surface area contributed by atoms with Gasteiger partial charge in [0.15, 0.2) is 0 Å². The van der Waals surface area contributed by atoms with E-state index in [1.807, 2.05) is 12.1 Å². The maximum Gasteiger partial charge on any atom is 0.116 e. The monoisotopic (exact) mass is 276 g/mol. The van der Waals surface area contributed by atoms with Gasteiger partial charge in [0, 0.05) is 32.2 Å². The van der Waals surface area contributed by atoms with Gasteiger partial charge < -0.3 is 10.4 Å². The molecule has 0 saturated carbocycles. The molecule has 3 nitrogen and oxygen atoms in total. The standard InChI is InChI=1S/C17H28N2O/c1-4-5-6-16(19-9-7-18-8-10-19)17-13(2)11-15(20)12-14(17)3/h11-12,16,18,20H,4-10H2,1-3H3/t16-/m1/s1. The molecule has 0 amide bonds. The second-order valence-corrected chi connectivity index (χ2v) is 5.94. The van der Waals surface area contributed by atoms with Crippen LogP contribution in [0.2, 0.25) is 0 Å². The van der Waals surface area contributed by atoms with Gasteiger partial charge in [-0.1, -0.05) is 19.8 Å². The Morgan fingerprint density at radius 3 is 2.35 bits per heavy atom. The van der Waals surface area contributed by atoms with Gasteiger partial charge in [-0.3, -0.25) is 4.90 Å². The lowest BCUT2D eigenvalue weighted by molar-refractivity contribution is 0.162. The van der Waals surface area contributed by atoms with E-state index in [0.717, 1.165) is 26.2 Å². The van der Waals surface area contributed by atoms with Crippen molar-refractivity contribution in [1.29, 1.82) is 0 Å². The lowest BCUT2D eigenvalue weighted by atomic mass is 9.91. The van der Waals surface area contributed by atoms with Crippen LogP contribution in [0.25, 0.3) is 0 Å². The van der Waals surface area contributed by atoms with Crippen molar-refractivity contribution in [2.24, 2.45) is 0 Å². The quantitative estimate of drug-likeness (QED) is 0.867. The van der Waals surface area contributed by atoms with E-state index in [1.54, 1.807) is 0 Å². The summed E-state index contributed by atoms with van der Waals surface area (Å²) in [5.41, 5.74) is 3.88. The number of piperazine rings is 1. The Balaban J connectivity index is 2.29. The smallest absolute Gasteiger partial charge is 0.116 e. The second-order valence-electron chi connectivity index (χ2n) is 5.94. The summed E-state index contributed by atoms with van der Waals surface area (Å²) in [6.07, 6.45) is 3.70. The van der Waals surface area contributed by atoms with E-state index < -0.39 is 0 Å². The van der Waals surface area contributed by atoms with E-state index >= 15 is 0 Å². The molecule has 0 spiro atoms. The number of rotatable bonds is 5. The molecule has 20 heavy (non-hydrogen) atoms. The lowest BCUT2D eigenvalue weighted by Crippen LogP contribution is -2.45. The van der Waals surface area contributed by atoms with Crippen LogP contribution in [-0.4, -0.2) is 36.2 Å². The molecular weight excluding hydrogens is 248 g/mol. The molecule has 0 aliphatic carbocycles. The molecule has 1 atom stereocenters. The topological polar surface area (TPSA) is 35.5 Å². The van der Waals surface area contributed by atoms with Crippen LogP contribution in [0.3, 0.4) is 0 Å². The van der Waals surface area contributed by atoms with Crippen LogP contribution in [0.15, 0.2) is 12.1 Å². The van der Waals surface area contributed by atoms with Gasteiger partial charge in [0.1, 0.15) is 5.75 Å². The first-order valence-corrected chi connectivity index (χ1v) is 7.88. The number of nitrogens with one attached hydrogen (secondary N) is 1. The highest BCUT2D eigenvalue weighted by molar-refractivity contribution is 5.42. The lowest BCUT2D eigenvalue weighted by Gasteiger charge is -2.37. The third-order valence-electron chi connectivity index (χ3n) is 4.34. The minimum Gasteiger partial charge on any atom is -0.508 e. The number of phenolic OH excluding ortho intramolecular Hbond substituents is 1. The molecule has 2 N–H and O–H groups in total. The summed E-state index contributed by atoms with van der Waals surface area (Å²) in [5, 5.41) is 13.2. The Morgan fingerprint density at radius 1 is 1.20 bits per heavy atom. The fraction of sp³-hybridized carbons (Fsp3) is 0.647. The van der Waals surface area contributed by atoms with Crippen LogP contribution in [0.5, 0.6) is 5.75 Å². The average Bonchev–Trinajstić information content (AvgIpc) is 2.42. The zero-order valence-corrected chi connectivity index (χ0v) is 13.1. The highest BCUT2D eigenvalue weighted by Crippen LogP contribution is 2.33. The van der Waals surface area contributed by atoms with Crippen molar-refractivity contribution in [3.8, 4) is 5.75 Å². The van der Waals surface area contributed by atoms with Crippen molar-refractivity contribution in [1.82, 2.24) is 10.2 Å². The van der Waals surface area contributed by atoms with E-state index in [0.29, 0.717) is 11.8 Å². The fourth-order valence-electron chi connectivity index (χ4n) is 3.38. The molecule has 1 aromatic carbocycles. The Bertz CT molecular complexity index is 416. The first kappa shape index (κ1) is 15.3. The van der Waals surface area contributed by atoms with Crippen LogP contribution in [0, 0.1) is 13.8 Å². The van der Waals surface area contributed by atoms with Crippen LogP contribution in [-0.2, 0) is 0 Å². The zero-order chi connectivity index (χ0) is 14.5. The van der Waals surface area contributed by atoms with Gasteiger partial charge in [0.2, 0.25) is 0 Å². The highest BCUT2D eigenvalue weighted by Gasteiger charge is 2.24. The van der Waals surface area contributed by atoms with Gasteiger partial charge in [-0.05, 0) is 49.1 Å². The van der Waals surface area contributed by atoms with Gasteiger partial charge in [0.25, 0.3) is 0 Å². The summed E-state index contributed by atoms with van der Waals surface area (Å²) in [5.74, 6) is 0.387. The highest BCUT2D eigenvalue weighted by atomic mass is 16.3. The number of phenols is 1. The number of aryl methyl sites for hydroxylation is 2. The Morgan fingerprint density at radius 2 is 1.80 bits per heavy atom. The summed E-state index contributed by atoms with van der Waals surface area (Å²) in [6, 6.07) is 4.31. The van der Waals surface area contributed by atoms with E-state index in [9.17, 15) is 5.11 Å². The minimum atomic E-state index is 0.387. The van der Waals surface area contributed by atoms with Crippen molar-refractivity contribution in [2.75, 3.05) is 26.2 Å². The number of benzene rings is 1. The molecule has 1 aliphatic heterocycles. The van der Waals surface area contributed by atoms with Crippen molar-refractivity contribution in [3.05, 3.63) is 28.8 Å². The van der Waals surface area contributed by atoms with Gasteiger partial charge in [-0.2, -0.15) is 0 Å². The maximum atomic E-state index is 9.76. The van der Waals surface area contributed by atoms with E-state index in [1.165, 1.54) is 36.0 Å². The van der Waals surface area contributed by atoms with Crippen molar-refractivity contribution in [2.45, 2.75) is 46.1 Å². The largest absolute Gasteiger partial charge is 0.508 e. The number of unbranched alkanes of at least 4 members (excludes halogenated alkanes) is 1. The number of aromatic hydroxyl groups is 1. The molecule has 1 saturated heterocycles. The van der Waals surface area contributed by atoms with Crippen LogP contribution in [0.1, 0.15) is 48.9 Å². The van der Waals surface area contributed by atoms with Gasteiger partial charge in [0.05, 0.1) is 0 Å². The van der Waals surface area contributed by atoms with E-state index in [2.05, 4.69) is 31.0 Å². The molecule has 0 bridgehead atoms.